The summed E-state index contributed by atoms with van der Waals surface area (Å²) < 4.78 is 10.3. The molecule has 0 aliphatic rings. The van der Waals surface area contributed by atoms with Gasteiger partial charge in [-0.2, -0.15) is 0 Å². The molecular formula is C10H23NO2. The number of ether oxygens (including phenoxy) is 2. The van der Waals surface area contributed by atoms with Crippen molar-refractivity contribution in [2.75, 3.05) is 34.0 Å². The van der Waals surface area contributed by atoms with Gasteiger partial charge >= 0.3 is 0 Å². The van der Waals surface area contributed by atoms with Gasteiger partial charge in [0.1, 0.15) is 0 Å². The predicted octanol–water partition coefficient (Wildman–Crippen LogP) is 1.43. The van der Waals surface area contributed by atoms with Gasteiger partial charge in [-0.25, -0.2) is 0 Å². The third kappa shape index (κ3) is 9.80. The van der Waals surface area contributed by atoms with E-state index in [0.29, 0.717) is 6.04 Å². The second kappa shape index (κ2) is 9.96. The predicted molar refractivity (Wildman–Crippen MR) is 55.1 cm³/mol. The lowest BCUT2D eigenvalue weighted by Gasteiger charge is -2.09. The normalized spacial score (nSPS) is 13.2. The molecule has 0 spiro atoms. The fraction of sp³-hybridized carbons (Fsp3) is 1.00. The van der Waals surface area contributed by atoms with Gasteiger partial charge in [0.15, 0.2) is 0 Å². The zero-order valence-corrected chi connectivity index (χ0v) is 9.14. The van der Waals surface area contributed by atoms with Gasteiger partial charge in [0, 0.05) is 33.0 Å². The van der Waals surface area contributed by atoms with E-state index in [2.05, 4.69) is 12.2 Å². The first kappa shape index (κ1) is 12.9. The van der Waals surface area contributed by atoms with Crippen LogP contribution in [0.1, 0.15) is 26.2 Å². The molecule has 3 heteroatoms. The molecule has 0 radical (unpaired) electrons. The highest BCUT2D eigenvalue weighted by Gasteiger charge is 1.96. The summed E-state index contributed by atoms with van der Waals surface area (Å²) in [5.41, 5.74) is 0. The molecule has 0 aliphatic carbocycles. The first-order valence-corrected chi connectivity index (χ1v) is 5.05. The molecule has 0 fully saturated rings. The minimum Gasteiger partial charge on any atom is -0.385 e. The summed E-state index contributed by atoms with van der Waals surface area (Å²) >= 11 is 0. The van der Waals surface area contributed by atoms with Crippen LogP contribution in [0.3, 0.4) is 0 Å². The molecule has 0 saturated carbocycles. The topological polar surface area (TPSA) is 30.5 Å². The monoisotopic (exact) mass is 189 g/mol. The number of hydrogen-bond donors (Lipinski definition) is 1. The zero-order valence-electron chi connectivity index (χ0n) is 9.14. The van der Waals surface area contributed by atoms with E-state index >= 15 is 0 Å². The maximum atomic E-state index is 5.42. The van der Waals surface area contributed by atoms with Crippen LogP contribution in [-0.4, -0.2) is 40.0 Å². The third-order valence-electron chi connectivity index (χ3n) is 2.06. The van der Waals surface area contributed by atoms with Gasteiger partial charge in [-0.15, -0.1) is 0 Å². The molecule has 0 bridgehead atoms. The number of rotatable bonds is 9. The maximum Gasteiger partial charge on any atom is 0.0487 e. The van der Waals surface area contributed by atoms with E-state index in [1.54, 1.807) is 7.11 Å². The number of nitrogens with one attached hydrogen (secondary N) is 1. The van der Waals surface area contributed by atoms with E-state index in [0.717, 1.165) is 32.7 Å². The van der Waals surface area contributed by atoms with Gasteiger partial charge in [0.05, 0.1) is 0 Å². The van der Waals surface area contributed by atoms with Crippen LogP contribution in [0.5, 0.6) is 0 Å². The Bertz CT molecular complexity index is 98.9. The molecule has 3 nitrogen and oxygen atoms in total. The Hall–Kier alpha value is -0.120. The van der Waals surface area contributed by atoms with Crippen molar-refractivity contribution in [1.82, 2.24) is 5.32 Å². The second-order valence-corrected chi connectivity index (χ2v) is 3.29. The first-order chi connectivity index (χ1) is 6.31. The minimum absolute atomic E-state index is 0.600. The van der Waals surface area contributed by atoms with Crippen molar-refractivity contribution in [3.05, 3.63) is 0 Å². The van der Waals surface area contributed by atoms with Gasteiger partial charge in [0.2, 0.25) is 0 Å². The average molecular weight is 189 g/mol. The van der Waals surface area contributed by atoms with Gasteiger partial charge in [-0.3, -0.25) is 0 Å². The Balaban J connectivity index is 2.91. The van der Waals surface area contributed by atoms with Gasteiger partial charge in [0.25, 0.3) is 0 Å². The van der Waals surface area contributed by atoms with Crippen LogP contribution in [0.25, 0.3) is 0 Å². The van der Waals surface area contributed by atoms with Gasteiger partial charge in [-0.1, -0.05) is 0 Å². The van der Waals surface area contributed by atoms with Crippen LogP contribution in [0.2, 0.25) is 0 Å². The van der Waals surface area contributed by atoms with Crippen LogP contribution >= 0.6 is 0 Å². The van der Waals surface area contributed by atoms with Crippen LogP contribution in [0, 0.1) is 0 Å². The Labute approximate surface area is 81.8 Å². The van der Waals surface area contributed by atoms with E-state index in [1.807, 2.05) is 7.05 Å². The Morgan fingerprint density at radius 2 is 1.85 bits per heavy atom. The molecule has 0 saturated heterocycles. The Morgan fingerprint density at radius 1 is 1.15 bits per heavy atom. The summed E-state index contributed by atoms with van der Waals surface area (Å²) in [6.45, 7) is 4.68. The Morgan fingerprint density at radius 3 is 2.46 bits per heavy atom. The zero-order chi connectivity index (χ0) is 9.94. The van der Waals surface area contributed by atoms with E-state index in [1.165, 1.54) is 6.42 Å². The standard InChI is InChI=1S/C10H23NO2/c1-10(11-2)6-4-8-13-9-5-7-12-3/h10-11H,4-9H2,1-3H3. The molecule has 0 aromatic rings. The Kier molecular flexibility index (Phi) is 9.87. The molecule has 80 valence electrons. The van der Waals surface area contributed by atoms with Crippen molar-refractivity contribution in [1.29, 1.82) is 0 Å². The van der Waals surface area contributed by atoms with Crippen molar-refractivity contribution < 1.29 is 9.47 Å². The largest absolute Gasteiger partial charge is 0.385 e. The summed E-state index contributed by atoms with van der Waals surface area (Å²) in [4.78, 5) is 0. The van der Waals surface area contributed by atoms with Crippen LogP contribution in [-0.2, 0) is 9.47 Å². The highest BCUT2D eigenvalue weighted by molar-refractivity contribution is 4.55. The number of hydrogen-bond acceptors (Lipinski definition) is 3. The molecule has 1 atom stereocenters. The number of methoxy groups -OCH3 is 1. The SMILES string of the molecule is CNC(C)CCCOCCCOC. The molecule has 0 aromatic carbocycles. The van der Waals surface area contributed by atoms with Crippen molar-refractivity contribution in [2.45, 2.75) is 32.2 Å². The lowest BCUT2D eigenvalue weighted by atomic mass is 10.2. The summed E-state index contributed by atoms with van der Waals surface area (Å²) in [6, 6.07) is 0.600. The molecule has 0 heterocycles. The minimum atomic E-state index is 0.600. The highest BCUT2D eigenvalue weighted by atomic mass is 16.5. The van der Waals surface area contributed by atoms with Gasteiger partial charge in [-0.05, 0) is 33.2 Å². The first-order valence-electron chi connectivity index (χ1n) is 5.05. The average Bonchev–Trinajstić information content (AvgIpc) is 2.16. The maximum absolute atomic E-state index is 5.42. The summed E-state index contributed by atoms with van der Waals surface area (Å²) in [5.74, 6) is 0. The summed E-state index contributed by atoms with van der Waals surface area (Å²) in [6.07, 6.45) is 3.31. The molecule has 0 amide bonds. The van der Waals surface area contributed by atoms with Crippen LogP contribution in [0.15, 0.2) is 0 Å². The lowest BCUT2D eigenvalue weighted by Crippen LogP contribution is -2.21. The quantitative estimate of drug-likeness (QED) is 0.557. The van der Waals surface area contributed by atoms with Gasteiger partial charge < -0.3 is 14.8 Å². The molecule has 13 heavy (non-hydrogen) atoms. The molecule has 0 aliphatic heterocycles. The summed E-state index contributed by atoms with van der Waals surface area (Å²) in [5, 5.41) is 3.20. The smallest absolute Gasteiger partial charge is 0.0487 e. The van der Waals surface area contributed by atoms with E-state index in [9.17, 15) is 0 Å². The van der Waals surface area contributed by atoms with Crippen molar-refractivity contribution in [3.63, 3.8) is 0 Å². The molecule has 1 N–H and O–H groups in total. The molecular weight excluding hydrogens is 166 g/mol. The van der Waals surface area contributed by atoms with Crippen molar-refractivity contribution in [3.8, 4) is 0 Å². The fourth-order valence-electron chi connectivity index (χ4n) is 1.04. The van der Waals surface area contributed by atoms with Crippen molar-refractivity contribution in [2.24, 2.45) is 0 Å². The molecule has 0 rings (SSSR count). The lowest BCUT2D eigenvalue weighted by molar-refractivity contribution is 0.0994. The molecule has 1 unspecified atom stereocenters. The molecule has 0 aromatic heterocycles. The third-order valence-corrected chi connectivity index (χ3v) is 2.06. The highest BCUT2D eigenvalue weighted by Crippen LogP contribution is 1.96. The fourth-order valence-corrected chi connectivity index (χ4v) is 1.04. The van der Waals surface area contributed by atoms with Crippen molar-refractivity contribution >= 4 is 0 Å². The van der Waals surface area contributed by atoms with E-state index < -0.39 is 0 Å². The second-order valence-electron chi connectivity index (χ2n) is 3.29. The van der Waals surface area contributed by atoms with Crippen LogP contribution in [0.4, 0.5) is 0 Å². The summed E-state index contributed by atoms with van der Waals surface area (Å²) in [7, 11) is 3.71. The van der Waals surface area contributed by atoms with E-state index in [-0.39, 0.29) is 0 Å². The van der Waals surface area contributed by atoms with Crippen LogP contribution < -0.4 is 5.32 Å². The van der Waals surface area contributed by atoms with E-state index in [4.69, 9.17) is 9.47 Å².